The minimum absolute atomic E-state index is 0.0377. The maximum Gasteiger partial charge on any atom is 0.254 e. The predicted molar refractivity (Wildman–Crippen MR) is 87.4 cm³/mol. The summed E-state index contributed by atoms with van der Waals surface area (Å²) in [6.45, 7) is 2.40. The van der Waals surface area contributed by atoms with Crippen LogP contribution in [0.1, 0.15) is 27.5 Å². The molecule has 0 saturated carbocycles. The quantitative estimate of drug-likeness (QED) is 0.912. The molecule has 1 amide bonds. The van der Waals surface area contributed by atoms with Gasteiger partial charge in [-0.3, -0.25) is 4.79 Å². The molecular formula is C18H20FN3O. The Bertz CT molecular complexity index is 687. The molecule has 0 aromatic heterocycles. The lowest BCUT2D eigenvalue weighted by molar-refractivity contribution is 0.0634. The minimum atomic E-state index is -0.284. The molecule has 3 rings (SSSR count). The number of carbonyl (C=O) groups excluding carboxylic acids is 1. The average Bonchev–Trinajstić information content (AvgIpc) is 2.61. The molecule has 1 aliphatic rings. The molecule has 3 N–H and O–H groups in total. The fourth-order valence-corrected chi connectivity index (χ4v) is 2.91. The standard InChI is InChI=1S/C18H20FN3O/c19-16-3-1-2-15(10-16)17-12-21-8-9-22(17)18(23)14-6-4-13(11-20)5-7-14/h1-7,10,17,21H,8-9,11-12,20H2. The van der Waals surface area contributed by atoms with Gasteiger partial charge in [0.05, 0.1) is 6.04 Å². The first-order chi connectivity index (χ1) is 11.2. The molecule has 0 bridgehead atoms. The maximum atomic E-state index is 13.5. The molecule has 0 radical (unpaired) electrons. The zero-order valence-electron chi connectivity index (χ0n) is 12.8. The molecule has 2 aromatic rings. The Hall–Kier alpha value is -2.24. The van der Waals surface area contributed by atoms with Crippen LogP contribution in [-0.4, -0.2) is 30.4 Å². The average molecular weight is 313 g/mol. The molecule has 1 aliphatic heterocycles. The van der Waals surface area contributed by atoms with Gasteiger partial charge in [0.25, 0.3) is 5.91 Å². The van der Waals surface area contributed by atoms with E-state index < -0.39 is 0 Å². The number of amides is 1. The molecule has 0 spiro atoms. The summed E-state index contributed by atoms with van der Waals surface area (Å²) < 4.78 is 13.5. The number of nitrogens with zero attached hydrogens (tertiary/aromatic N) is 1. The van der Waals surface area contributed by atoms with E-state index in [9.17, 15) is 9.18 Å². The highest BCUT2D eigenvalue weighted by atomic mass is 19.1. The van der Waals surface area contributed by atoms with Crippen LogP contribution < -0.4 is 11.1 Å². The summed E-state index contributed by atoms with van der Waals surface area (Å²) in [7, 11) is 0. The van der Waals surface area contributed by atoms with E-state index in [-0.39, 0.29) is 17.8 Å². The van der Waals surface area contributed by atoms with Crippen molar-refractivity contribution in [3.05, 3.63) is 71.0 Å². The summed E-state index contributed by atoms with van der Waals surface area (Å²) in [6.07, 6.45) is 0. The molecule has 1 heterocycles. The van der Waals surface area contributed by atoms with Crippen molar-refractivity contribution in [2.75, 3.05) is 19.6 Å². The smallest absolute Gasteiger partial charge is 0.254 e. The molecule has 120 valence electrons. The molecular weight excluding hydrogens is 293 g/mol. The minimum Gasteiger partial charge on any atom is -0.329 e. The zero-order chi connectivity index (χ0) is 16.2. The van der Waals surface area contributed by atoms with Crippen LogP contribution in [0.3, 0.4) is 0 Å². The fourth-order valence-electron chi connectivity index (χ4n) is 2.91. The van der Waals surface area contributed by atoms with Gasteiger partial charge in [-0.15, -0.1) is 0 Å². The summed E-state index contributed by atoms with van der Waals surface area (Å²) in [5.74, 6) is -0.322. The Kier molecular flexibility index (Phi) is 4.69. The van der Waals surface area contributed by atoms with Gasteiger partial charge in [-0.1, -0.05) is 24.3 Å². The monoisotopic (exact) mass is 313 g/mol. The summed E-state index contributed by atoms with van der Waals surface area (Å²) in [5, 5.41) is 3.27. The highest BCUT2D eigenvalue weighted by Gasteiger charge is 2.28. The highest BCUT2D eigenvalue weighted by molar-refractivity contribution is 5.94. The summed E-state index contributed by atoms with van der Waals surface area (Å²) >= 11 is 0. The highest BCUT2D eigenvalue weighted by Crippen LogP contribution is 2.25. The number of rotatable bonds is 3. The van der Waals surface area contributed by atoms with Crippen LogP contribution in [0.2, 0.25) is 0 Å². The number of halogens is 1. The van der Waals surface area contributed by atoms with E-state index in [1.165, 1.54) is 12.1 Å². The van der Waals surface area contributed by atoms with E-state index in [1.54, 1.807) is 18.2 Å². The second kappa shape index (κ2) is 6.89. The van der Waals surface area contributed by atoms with Gasteiger partial charge in [-0.2, -0.15) is 0 Å². The van der Waals surface area contributed by atoms with Crippen molar-refractivity contribution < 1.29 is 9.18 Å². The topological polar surface area (TPSA) is 58.4 Å². The van der Waals surface area contributed by atoms with Gasteiger partial charge in [0.2, 0.25) is 0 Å². The van der Waals surface area contributed by atoms with Gasteiger partial charge in [0.15, 0.2) is 0 Å². The third kappa shape index (κ3) is 3.41. The van der Waals surface area contributed by atoms with Crippen LogP contribution in [-0.2, 0) is 6.54 Å². The van der Waals surface area contributed by atoms with Crippen molar-refractivity contribution in [1.82, 2.24) is 10.2 Å². The van der Waals surface area contributed by atoms with Crippen molar-refractivity contribution >= 4 is 5.91 Å². The lowest BCUT2D eigenvalue weighted by atomic mass is 10.0. The van der Waals surface area contributed by atoms with E-state index in [1.807, 2.05) is 23.1 Å². The van der Waals surface area contributed by atoms with Gasteiger partial charge in [-0.25, -0.2) is 4.39 Å². The number of piperazine rings is 1. The Balaban J connectivity index is 1.86. The van der Waals surface area contributed by atoms with Crippen LogP contribution in [0.5, 0.6) is 0 Å². The SMILES string of the molecule is NCc1ccc(C(=O)N2CCNCC2c2cccc(F)c2)cc1. The molecule has 23 heavy (non-hydrogen) atoms. The molecule has 5 heteroatoms. The van der Waals surface area contributed by atoms with Gasteiger partial charge in [0, 0.05) is 31.7 Å². The van der Waals surface area contributed by atoms with Gasteiger partial charge in [-0.05, 0) is 35.4 Å². The van der Waals surface area contributed by atoms with Crippen LogP contribution >= 0.6 is 0 Å². The second-order valence-corrected chi connectivity index (χ2v) is 5.67. The van der Waals surface area contributed by atoms with E-state index in [0.29, 0.717) is 25.2 Å². The zero-order valence-corrected chi connectivity index (χ0v) is 12.8. The van der Waals surface area contributed by atoms with Crippen LogP contribution in [0, 0.1) is 5.82 Å². The van der Waals surface area contributed by atoms with E-state index in [2.05, 4.69) is 5.32 Å². The number of hydrogen-bond donors (Lipinski definition) is 2. The predicted octanol–water partition coefficient (Wildman–Crippen LogP) is 2.07. The molecule has 1 saturated heterocycles. The molecule has 2 aromatic carbocycles. The molecule has 1 fully saturated rings. The number of nitrogens with two attached hydrogens (primary N) is 1. The molecule has 0 aliphatic carbocycles. The first kappa shape index (κ1) is 15.6. The summed E-state index contributed by atoms with van der Waals surface area (Å²) in [5.41, 5.74) is 8.02. The van der Waals surface area contributed by atoms with E-state index in [4.69, 9.17) is 5.73 Å². The maximum absolute atomic E-state index is 13.5. The summed E-state index contributed by atoms with van der Waals surface area (Å²) in [6, 6.07) is 13.6. The van der Waals surface area contributed by atoms with Gasteiger partial charge in [0.1, 0.15) is 5.82 Å². The van der Waals surface area contributed by atoms with Crippen LogP contribution in [0.25, 0.3) is 0 Å². The Morgan fingerprint density at radius 3 is 2.74 bits per heavy atom. The third-order valence-corrected chi connectivity index (χ3v) is 4.17. The number of carbonyl (C=O) groups is 1. The van der Waals surface area contributed by atoms with Gasteiger partial charge >= 0.3 is 0 Å². The fraction of sp³-hybridized carbons (Fsp3) is 0.278. The van der Waals surface area contributed by atoms with Gasteiger partial charge < -0.3 is 16.0 Å². The molecule has 1 atom stereocenters. The third-order valence-electron chi connectivity index (χ3n) is 4.17. The van der Waals surface area contributed by atoms with Crippen molar-refractivity contribution in [2.45, 2.75) is 12.6 Å². The first-order valence-corrected chi connectivity index (χ1v) is 7.75. The largest absolute Gasteiger partial charge is 0.329 e. The Morgan fingerprint density at radius 2 is 2.04 bits per heavy atom. The normalized spacial score (nSPS) is 18.0. The molecule has 4 nitrogen and oxygen atoms in total. The number of nitrogens with one attached hydrogen (secondary N) is 1. The summed E-state index contributed by atoms with van der Waals surface area (Å²) in [4.78, 5) is 14.6. The van der Waals surface area contributed by atoms with E-state index >= 15 is 0 Å². The van der Waals surface area contributed by atoms with Crippen LogP contribution in [0.4, 0.5) is 4.39 Å². The first-order valence-electron chi connectivity index (χ1n) is 7.75. The van der Waals surface area contributed by atoms with E-state index in [0.717, 1.165) is 17.7 Å². The lowest BCUT2D eigenvalue weighted by Crippen LogP contribution is -2.48. The molecule has 1 unspecified atom stereocenters. The second-order valence-electron chi connectivity index (χ2n) is 5.67. The Morgan fingerprint density at radius 1 is 1.26 bits per heavy atom. The number of benzene rings is 2. The Labute approximate surface area is 135 Å². The van der Waals surface area contributed by atoms with Crippen molar-refractivity contribution in [2.24, 2.45) is 5.73 Å². The van der Waals surface area contributed by atoms with Crippen LogP contribution in [0.15, 0.2) is 48.5 Å². The van der Waals surface area contributed by atoms with Crippen molar-refractivity contribution in [3.8, 4) is 0 Å². The van der Waals surface area contributed by atoms with Crippen molar-refractivity contribution in [1.29, 1.82) is 0 Å². The van der Waals surface area contributed by atoms with Crippen molar-refractivity contribution in [3.63, 3.8) is 0 Å². The lowest BCUT2D eigenvalue weighted by Gasteiger charge is -2.36. The number of hydrogen-bond acceptors (Lipinski definition) is 3.